The van der Waals surface area contributed by atoms with Crippen molar-refractivity contribution in [1.82, 2.24) is 29.1 Å². The minimum atomic E-state index is 0.726. The number of hydrogen-bond acceptors (Lipinski definition) is 4. The molecule has 0 bridgehead atoms. The van der Waals surface area contributed by atoms with Crippen LogP contribution in [0.4, 0.5) is 0 Å². The van der Waals surface area contributed by atoms with Crippen molar-refractivity contribution in [3.8, 4) is 78.9 Å². The van der Waals surface area contributed by atoms with E-state index in [0.29, 0.717) is 0 Å². The van der Waals surface area contributed by atoms with Crippen molar-refractivity contribution in [2.75, 3.05) is 0 Å². The zero-order chi connectivity index (χ0) is 54.3. The molecule has 0 amide bonds. The fourth-order valence-electron chi connectivity index (χ4n) is 11.8. The highest BCUT2D eigenvalue weighted by molar-refractivity contribution is 6.13. The summed E-state index contributed by atoms with van der Waals surface area (Å²) < 4.78 is 4.71. The third-order valence-corrected chi connectivity index (χ3v) is 15.6. The molecule has 16 rings (SSSR count). The molecule has 0 saturated heterocycles. The van der Waals surface area contributed by atoms with Gasteiger partial charge in [0, 0.05) is 77.1 Å². The largest absolute Gasteiger partial charge is 0.309 e. The molecule has 0 saturated carbocycles. The summed E-state index contributed by atoms with van der Waals surface area (Å²) in [5, 5.41) is 7.02. The molecule has 16 aromatic rings. The predicted molar refractivity (Wildman–Crippen MR) is 340 cm³/mol. The zero-order valence-corrected chi connectivity index (χ0v) is 44.6. The van der Waals surface area contributed by atoms with Crippen LogP contribution in [0, 0.1) is 0 Å². The van der Waals surface area contributed by atoms with Gasteiger partial charge in [-0.3, -0.25) is 0 Å². The van der Waals surface area contributed by atoms with Crippen LogP contribution in [0.1, 0.15) is 0 Å². The van der Waals surface area contributed by atoms with Crippen molar-refractivity contribution in [2.24, 2.45) is 0 Å². The Hall–Kier alpha value is -11.1. The normalized spacial score (nSPS) is 11.4. The molecule has 0 fully saturated rings. The minimum absolute atomic E-state index is 0.726. The quantitative estimate of drug-likeness (QED) is 0.152. The first-order valence-electron chi connectivity index (χ1n) is 27.7. The fraction of sp³-hybridized carbons (Fsp3) is 0. The molecule has 0 aliphatic heterocycles. The van der Waals surface area contributed by atoms with Gasteiger partial charge >= 0.3 is 0 Å². The first-order valence-corrected chi connectivity index (χ1v) is 27.7. The van der Waals surface area contributed by atoms with Crippen LogP contribution in [-0.4, -0.2) is 29.1 Å². The van der Waals surface area contributed by atoms with Gasteiger partial charge in [-0.1, -0.05) is 249 Å². The second-order valence-electron chi connectivity index (χ2n) is 20.5. The molecule has 82 heavy (non-hydrogen) atoms. The molecule has 0 aliphatic rings. The van der Waals surface area contributed by atoms with E-state index in [1.54, 1.807) is 0 Å². The van der Waals surface area contributed by atoms with Crippen molar-refractivity contribution in [3.63, 3.8) is 0 Å². The highest BCUT2D eigenvalue weighted by atomic mass is 15.0. The average Bonchev–Trinajstić information content (AvgIpc) is 4.28. The summed E-state index contributed by atoms with van der Waals surface area (Å²) in [6, 6.07) is 106. The number of nitrogens with zero attached hydrogens (tertiary/aromatic N) is 6. The summed E-state index contributed by atoms with van der Waals surface area (Å²) in [6.45, 7) is 0. The lowest BCUT2D eigenvalue weighted by Crippen LogP contribution is -1.97. The molecule has 0 radical (unpaired) electrons. The Bertz CT molecular complexity index is 5000. The number of rotatable bonds is 8. The molecule has 4 aromatic heterocycles. The summed E-state index contributed by atoms with van der Waals surface area (Å²) in [4.78, 5) is 20.6. The van der Waals surface area contributed by atoms with Gasteiger partial charge in [0.05, 0.1) is 44.5 Å². The summed E-state index contributed by atoms with van der Waals surface area (Å²) in [5.74, 6) is 1.45. The van der Waals surface area contributed by atoms with E-state index in [9.17, 15) is 0 Å². The van der Waals surface area contributed by atoms with E-state index >= 15 is 0 Å². The molecule has 6 nitrogen and oxygen atoms in total. The van der Waals surface area contributed by atoms with Crippen molar-refractivity contribution in [2.45, 2.75) is 0 Å². The Morgan fingerprint density at radius 3 is 1.05 bits per heavy atom. The van der Waals surface area contributed by atoms with Crippen molar-refractivity contribution in [1.29, 1.82) is 0 Å². The molecular weight excluding hydrogens is 997 g/mol. The van der Waals surface area contributed by atoms with Crippen LogP contribution >= 0.6 is 0 Å². The van der Waals surface area contributed by atoms with Crippen molar-refractivity contribution >= 4 is 65.4 Å². The predicted octanol–water partition coefficient (Wildman–Crippen LogP) is 19.5. The van der Waals surface area contributed by atoms with Crippen molar-refractivity contribution in [3.05, 3.63) is 303 Å². The molecule has 6 heteroatoms. The van der Waals surface area contributed by atoms with Gasteiger partial charge in [0.25, 0.3) is 0 Å². The summed E-state index contributed by atoms with van der Waals surface area (Å²) in [6.07, 6.45) is 0. The first-order chi connectivity index (χ1) is 40.7. The van der Waals surface area contributed by atoms with Crippen LogP contribution in [0.5, 0.6) is 0 Å². The molecule has 0 unspecified atom stereocenters. The van der Waals surface area contributed by atoms with E-state index in [-0.39, 0.29) is 0 Å². The molecule has 4 heterocycles. The highest BCUT2D eigenvalue weighted by Crippen LogP contribution is 2.41. The first kappa shape index (κ1) is 48.1. The zero-order valence-electron chi connectivity index (χ0n) is 44.6. The Kier molecular flexibility index (Phi) is 12.1. The highest BCUT2D eigenvalue weighted by Gasteiger charge is 2.20. The Morgan fingerprint density at radius 1 is 0.207 bits per heavy atom. The standard InChI is InChI=1S/2C38H25N3/c1-4-13-26(14-5-1)36-33-21-12-20-30(37(33)40-38(39-36)27-15-6-2-7-16-27)28-23-24-32-31-19-10-11-22-34(31)41(35(32)25-28)29-17-8-3-9-18-29;1-4-13-26(14-5-1)36-32-21-12-20-30(37(32)40-38(39-36)27-15-6-2-7-16-27)28-23-24-35-33(25-28)31-19-10-11-22-34(31)41(35)29-17-8-3-9-18-29/h2*1-25H. The third-order valence-electron chi connectivity index (χ3n) is 15.6. The fourth-order valence-corrected chi connectivity index (χ4v) is 11.8. The Balaban J connectivity index is 0.000000140. The van der Waals surface area contributed by atoms with Crippen LogP contribution in [0.25, 0.3) is 144 Å². The monoisotopic (exact) mass is 1050 g/mol. The summed E-state index contributed by atoms with van der Waals surface area (Å²) in [5.41, 5.74) is 19.4. The van der Waals surface area contributed by atoms with Crippen LogP contribution in [0.2, 0.25) is 0 Å². The number of hydrogen-bond donors (Lipinski definition) is 0. The van der Waals surface area contributed by atoms with Crippen LogP contribution in [0.3, 0.4) is 0 Å². The van der Waals surface area contributed by atoms with Gasteiger partial charge < -0.3 is 9.13 Å². The number of benzene rings is 12. The maximum atomic E-state index is 5.19. The third kappa shape index (κ3) is 8.54. The van der Waals surface area contributed by atoms with Crippen LogP contribution < -0.4 is 0 Å². The maximum Gasteiger partial charge on any atom is 0.160 e. The van der Waals surface area contributed by atoms with Crippen LogP contribution in [-0.2, 0) is 0 Å². The van der Waals surface area contributed by atoms with Gasteiger partial charge in [-0.05, 0) is 65.7 Å². The SMILES string of the molecule is c1ccc(-c2nc(-c3ccccc3)c3cccc(-c4ccc5c(c4)c4ccccc4n5-c4ccccc4)c3n2)cc1.c1ccc(-c2nc(-c3ccccc3)c3cccc(-c4ccc5c6ccccc6n(-c6ccccc6)c5c4)c3n2)cc1. The van der Waals surface area contributed by atoms with E-state index in [4.69, 9.17) is 19.9 Å². The second-order valence-corrected chi connectivity index (χ2v) is 20.5. The smallest absolute Gasteiger partial charge is 0.160 e. The van der Waals surface area contributed by atoms with Gasteiger partial charge in [-0.15, -0.1) is 0 Å². The molecule has 0 atom stereocenters. The van der Waals surface area contributed by atoms with Gasteiger partial charge in [0.2, 0.25) is 0 Å². The van der Waals surface area contributed by atoms with Crippen LogP contribution in [0.15, 0.2) is 303 Å². The van der Waals surface area contributed by atoms with E-state index in [2.05, 4.69) is 264 Å². The molecule has 0 N–H and O–H groups in total. The number of para-hydroxylation sites is 6. The Labute approximate surface area is 474 Å². The topological polar surface area (TPSA) is 61.4 Å². The summed E-state index contributed by atoms with van der Waals surface area (Å²) in [7, 11) is 0. The molecule has 384 valence electrons. The second kappa shape index (κ2) is 20.6. The maximum absolute atomic E-state index is 5.19. The van der Waals surface area contributed by atoms with E-state index < -0.39 is 0 Å². The van der Waals surface area contributed by atoms with Crippen molar-refractivity contribution < 1.29 is 0 Å². The lowest BCUT2D eigenvalue weighted by atomic mass is 9.97. The van der Waals surface area contributed by atoms with E-state index in [1.807, 2.05) is 48.5 Å². The van der Waals surface area contributed by atoms with Gasteiger partial charge in [-0.25, -0.2) is 19.9 Å². The molecule has 0 spiro atoms. The lowest BCUT2D eigenvalue weighted by Gasteiger charge is -2.13. The Morgan fingerprint density at radius 2 is 0.561 bits per heavy atom. The number of fused-ring (bicyclic) bond motifs is 8. The minimum Gasteiger partial charge on any atom is -0.309 e. The van der Waals surface area contributed by atoms with Gasteiger partial charge in [0.1, 0.15) is 0 Å². The molecule has 12 aromatic carbocycles. The van der Waals surface area contributed by atoms with E-state index in [0.717, 1.165) is 101 Å². The number of aromatic nitrogens is 6. The van der Waals surface area contributed by atoms with Gasteiger partial charge in [0.15, 0.2) is 11.6 Å². The van der Waals surface area contributed by atoms with Gasteiger partial charge in [-0.2, -0.15) is 0 Å². The average molecular weight is 1050 g/mol. The molecule has 0 aliphatic carbocycles. The molecular formula is C76H50N6. The summed E-state index contributed by atoms with van der Waals surface area (Å²) >= 11 is 0. The lowest BCUT2D eigenvalue weighted by molar-refractivity contribution is 1.18. The van der Waals surface area contributed by atoms with E-state index in [1.165, 1.54) is 43.6 Å².